The number of carbonyl (C=O) groups is 2. The minimum absolute atomic E-state index is 0.0533. The Kier molecular flexibility index (Phi) is 8.93. The maximum Gasteiger partial charge on any atom is 0.326 e. The molecule has 2 aromatic heterocycles. The van der Waals surface area contributed by atoms with Crippen LogP contribution in [0.15, 0.2) is 24.5 Å². The highest BCUT2D eigenvalue weighted by molar-refractivity contribution is 6.33. The lowest BCUT2D eigenvalue weighted by Crippen LogP contribution is -2.42. The minimum atomic E-state index is -1.23. The summed E-state index contributed by atoms with van der Waals surface area (Å²) < 4.78 is 19.3. The van der Waals surface area contributed by atoms with Gasteiger partial charge < -0.3 is 15.2 Å². The molecular weight excluding hydrogens is 437 g/mol. The van der Waals surface area contributed by atoms with Crippen LogP contribution in [0.2, 0.25) is 5.02 Å². The van der Waals surface area contributed by atoms with Gasteiger partial charge in [-0.25, -0.2) is 9.18 Å². The second kappa shape index (κ2) is 11.9. The van der Waals surface area contributed by atoms with E-state index in [1.807, 2.05) is 0 Å². The van der Waals surface area contributed by atoms with Crippen LogP contribution in [0.5, 0.6) is 0 Å². The van der Waals surface area contributed by atoms with E-state index < -0.39 is 29.3 Å². The van der Waals surface area contributed by atoms with Crippen molar-refractivity contribution in [3.05, 3.63) is 57.9 Å². The van der Waals surface area contributed by atoms with Crippen LogP contribution in [0, 0.1) is 5.82 Å². The number of aryl methyl sites for hydroxylation is 3. The Morgan fingerprint density at radius 2 is 2.00 bits per heavy atom. The molecule has 2 N–H and O–H groups in total. The molecule has 9 heteroatoms. The van der Waals surface area contributed by atoms with Crippen LogP contribution in [0.4, 0.5) is 4.39 Å². The zero-order valence-electron chi connectivity index (χ0n) is 17.8. The van der Waals surface area contributed by atoms with Gasteiger partial charge >= 0.3 is 5.97 Å². The molecule has 0 fully saturated rings. The van der Waals surface area contributed by atoms with Gasteiger partial charge in [-0.05, 0) is 56.6 Å². The highest BCUT2D eigenvalue weighted by Gasteiger charge is 2.24. The number of nitrogens with one attached hydrogen (secondary N) is 1. The maximum atomic E-state index is 13.8. The van der Waals surface area contributed by atoms with Crippen molar-refractivity contribution >= 4 is 23.5 Å². The molecule has 0 aromatic carbocycles. The van der Waals surface area contributed by atoms with Crippen molar-refractivity contribution in [1.29, 1.82) is 0 Å². The highest BCUT2D eigenvalue weighted by Crippen LogP contribution is 2.20. The zero-order chi connectivity index (χ0) is 22.9. The summed E-state index contributed by atoms with van der Waals surface area (Å²) in [5.41, 5.74) is 3.28. The van der Waals surface area contributed by atoms with Gasteiger partial charge in [0.1, 0.15) is 6.04 Å². The molecule has 0 saturated carbocycles. The number of nitrogens with zero attached hydrogens (tertiary/aromatic N) is 2. The average molecular weight is 464 g/mol. The van der Waals surface area contributed by atoms with E-state index in [0.29, 0.717) is 6.61 Å². The van der Waals surface area contributed by atoms with Crippen LogP contribution in [0.25, 0.3) is 0 Å². The molecule has 1 atom stereocenters. The second-order valence-electron chi connectivity index (χ2n) is 7.82. The van der Waals surface area contributed by atoms with Crippen LogP contribution in [0.1, 0.15) is 59.4 Å². The number of carboxylic acid groups (broad SMARTS) is 1. The molecule has 172 valence electrons. The number of halogens is 2. The van der Waals surface area contributed by atoms with Crippen molar-refractivity contribution in [1.82, 2.24) is 15.3 Å². The molecular formula is C23H27ClFN3O4. The largest absolute Gasteiger partial charge is 0.480 e. The summed E-state index contributed by atoms with van der Waals surface area (Å²) in [6.07, 6.45) is 9.28. The van der Waals surface area contributed by atoms with E-state index in [0.717, 1.165) is 50.2 Å². The number of aromatic nitrogens is 2. The molecule has 2 aromatic rings. The Hall–Kier alpha value is -2.58. The Labute approximate surface area is 191 Å². The number of carbonyl (C=O) groups excluding carboxylic acids is 1. The third kappa shape index (κ3) is 6.71. The predicted molar refractivity (Wildman–Crippen MR) is 117 cm³/mol. The number of pyridine rings is 2. The van der Waals surface area contributed by atoms with Gasteiger partial charge in [-0.1, -0.05) is 17.7 Å². The summed E-state index contributed by atoms with van der Waals surface area (Å²) in [5, 5.41) is 11.4. The van der Waals surface area contributed by atoms with Gasteiger partial charge in [0.05, 0.1) is 16.8 Å². The first-order chi connectivity index (χ1) is 15.5. The molecule has 7 nitrogen and oxygen atoms in total. The van der Waals surface area contributed by atoms with Crippen LogP contribution in [-0.2, 0) is 28.8 Å². The summed E-state index contributed by atoms with van der Waals surface area (Å²) >= 11 is 5.80. The number of amides is 1. The maximum absolute atomic E-state index is 13.8. The number of unbranched alkanes of at least 4 members (excludes halogenated alkanes) is 1. The van der Waals surface area contributed by atoms with E-state index in [2.05, 4.69) is 22.4 Å². The van der Waals surface area contributed by atoms with Crippen molar-refractivity contribution in [3.8, 4) is 0 Å². The topological polar surface area (TPSA) is 101 Å². The highest BCUT2D eigenvalue weighted by atomic mass is 35.5. The number of rotatable bonds is 11. The molecule has 32 heavy (non-hydrogen) atoms. The number of ether oxygens (including phenoxy) is 1. The average Bonchev–Trinajstić information content (AvgIpc) is 2.77. The fourth-order valence-corrected chi connectivity index (χ4v) is 3.93. The zero-order valence-corrected chi connectivity index (χ0v) is 18.5. The Morgan fingerprint density at radius 3 is 2.78 bits per heavy atom. The lowest BCUT2D eigenvalue weighted by molar-refractivity contribution is -0.139. The first-order valence-corrected chi connectivity index (χ1v) is 11.2. The first kappa shape index (κ1) is 24.1. The number of carboxylic acids is 1. The molecule has 3 rings (SSSR count). The van der Waals surface area contributed by atoms with E-state index in [-0.39, 0.29) is 18.1 Å². The molecule has 2 heterocycles. The van der Waals surface area contributed by atoms with Gasteiger partial charge in [0, 0.05) is 37.2 Å². The molecule has 1 aliphatic carbocycles. The molecule has 0 saturated heterocycles. The van der Waals surface area contributed by atoms with Crippen molar-refractivity contribution in [2.75, 3.05) is 13.2 Å². The summed E-state index contributed by atoms with van der Waals surface area (Å²) in [7, 11) is 0. The third-order valence-corrected chi connectivity index (χ3v) is 5.73. The monoisotopic (exact) mass is 463 g/mol. The van der Waals surface area contributed by atoms with Crippen LogP contribution < -0.4 is 5.32 Å². The minimum Gasteiger partial charge on any atom is -0.480 e. The number of hydrogen-bond donors (Lipinski definition) is 2. The van der Waals surface area contributed by atoms with Crippen molar-refractivity contribution < 1.29 is 23.8 Å². The number of aliphatic carboxylic acids is 1. The predicted octanol–water partition coefficient (Wildman–Crippen LogP) is 3.76. The van der Waals surface area contributed by atoms with E-state index in [4.69, 9.17) is 21.3 Å². The van der Waals surface area contributed by atoms with E-state index in [9.17, 15) is 19.1 Å². The van der Waals surface area contributed by atoms with E-state index in [1.54, 1.807) is 0 Å². The van der Waals surface area contributed by atoms with E-state index in [1.165, 1.54) is 24.1 Å². The van der Waals surface area contributed by atoms with Gasteiger partial charge in [-0.2, -0.15) is 0 Å². The summed E-state index contributed by atoms with van der Waals surface area (Å²) in [5.74, 6) is -3.05. The van der Waals surface area contributed by atoms with Crippen LogP contribution in [-0.4, -0.2) is 46.2 Å². The summed E-state index contributed by atoms with van der Waals surface area (Å²) in [4.78, 5) is 32.0. The van der Waals surface area contributed by atoms with Gasteiger partial charge in [-0.3, -0.25) is 14.8 Å². The molecule has 1 amide bonds. The molecule has 0 unspecified atom stereocenters. The number of hydrogen-bond acceptors (Lipinski definition) is 5. The molecule has 0 spiro atoms. The van der Waals surface area contributed by atoms with Crippen molar-refractivity contribution in [2.45, 2.75) is 57.4 Å². The lowest BCUT2D eigenvalue weighted by Gasteiger charge is -2.16. The van der Waals surface area contributed by atoms with Crippen LogP contribution in [0.3, 0.4) is 0 Å². The fourth-order valence-electron chi connectivity index (χ4n) is 3.70. The smallest absolute Gasteiger partial charge is 0.326 e. The first-order valence-electron chi connectivity index (χ1n) is 10.8. The number of fused-ring (bicyclic) bond motifs is 1. The van der Waals surface area contributed by atoms with Crippen molar-refractivity contribution in [2.24, 2.45) is 0 Å². The standard InChI is InChI=1S/C23H27ClFN3O4/c24-17-13-26-14-18(25)21(17)22(29)28-20(23(30)31)10-12-32-11-4-3-6-16-9-8-15-5-1-2-7-19(15)27-16/h8-9,13-14,20H,1-7,10-12H2,(H,28,29)(H,30,31)/t20-/m1/s1. The quantitative estimate of drug-likeness (QED) is 0.492. The fraction of sp³-hybridized carbons (Fsp3) is 0.478. The van der Waals surface area contributed by atoms with Gasteiger partial charge in [-0.15, -0.1) is 0 Å². The summed E-state index contributed by atoms with van der Waals surface area (Å²) in [6.45, 7) is 0.636. The Bertz CT molecular complexity index is 937. The molecule has 0 aliphatic heterocycles. The van der Waals surface area contributed by atoms with E-state index >= 15 is 0 Å². The van der Waals surface area contributed by atoms with Crippen LogP contribution >= 0.6 is 11.6 Å². The lowest BCUT2D eigenvalue weighted by atomic mass is 9.95. The molecule has 0 radical (unpaired) electrons. The summed E-state index contributed by atoms with van der Waals surface area (Å²) in [6, 6.07) is 3.08. The third-order valence-electron chi connectivity index (χ3n) is 5.44. The van der Waals surface area contributed by atoms with Gasteiger partial charge in [0.25, 0.3) is 5.91 Å². The molecule has 1 aliphatic rings. The van der Waals surface area contributed by atoms with Crippen molar-refractivity contribution in [3.63, 3.8) is 0 Å². The van der Waals surface area contributed by atoms with Gasteiger partial charge in [0.2, 0.25) is 0 Å². The molecule has 0 bridgehead atoms. The Balaban J connectivity index is 1.36. The normalized spacial score (nSPS) is 13.9. The second-order valence-corrected chi connectivity index (χ2v) is 8.22. The Morgan fingerprint density at radius 1 is 1.19 bits per heavy atom. The SMILES string of the molecule is O=C(N[C@H](CCOCCCCc1ccc2c(n1)CCCC2)C(=O)O)c1c(F)cncc1Cl. The van der Waals surface area contributed by atoms with Gasteiger partial charge in [0.15, 0.2) is 5.82 Å².